The van der Waals surface area contributed by atoms with E-state index in [4.69, 9.17) is 9.72 Å². The number of amides is 1. The normalized spacial score (nSPS) is 14.5. The predicted octanol–water partition coefficient (Wildman–Crippen LogP) is 4.65. The summed E-state index contributed by atoms with van der Waals surface area (Å²) in [5.41, 5.74) is 3.20. The number of halogens is 1. The smallest absolute Gasteiger partial charge is 0.255 e. The summed E-state index contributed by atoms with van der Waals surface area (Å²) < 4.78 is 21.7. The number of para-hydroxylation sites is 1. The quantitative estimate of drug-likeness (QED) is 0.450. The van der Waals surface area contributed by atoms with Crippen molar-refractivity contribution in [3.8, 4) is 5.75 Å². The highest BCUT2D eigenvalue weighted by Gasteiger charge is 2.27. The van der Waals surface area contributed by atoms with Gasteiger partial charge in [-0.3, -0.25) is 9.78 Å². The zero-order valence-corrected chi connectivity index (χ0v) is 18.4. The number of carbonyl (C=O) groups is 1. The Labute approximate surface area is 191 Å². The summed E-state index contributed by atoms with van der Waals surface area (Å²) in [6, 6.07) is 16.4. The lowest BCUT2D eigenvalue weighted by Gasteiger charge is -2.33. The maximum absolute atomic E-state index is 13.9. The first kappa shape index (κ1) is 21.1. The molecule has 1 saturated heterocycles. The first-order chi connectivity index (χ1) is 16.1. The molecule has 4 aromatic rings. The average molecular weight is 445 g/mol. The van der Waals surface area contributed by atoms with Crippen molar-refractivity contribution in [3.05, 3.63) is 89.8 Å². The van der Waals surface area contributed by atoms with Crippen molar-refractivity contribution in [2.45, 2.75) is 25.3 Å². The van der Waals surface area contributed by atoms with Gasteiger partial charge in [0.25, 0.3) is 5.91 Å². The molecule has 0 saturated carbocycles. The fourth-order valence-corrected chi connectivity index (χ4v) is 4.67. The van der Waals surface area contributed by atoms with E-state index in [-0.39, 0.29) is 17.8 Å². The Bertz CT molecular complexity index is 1280. The number of likely N-dealkylation sites (tertiary alicyclic amines) is 1. The van der Waals surface area contributed by atoms with Crippen molar-refractivity contribution in [3.63, 3.8) is 0 Å². The SMILES string of the molecule is COc1ccccc1Cc1nc2cc(F)ccc2n1C1CCN(C(=O)c2cccnc2)CC1. The van der Waals surface area contributed by atoms with Gasteiger partial charge in [-0.15, -0.1) is 0 Å². The van der Waals surface area contributed by atoms with Crippen LogP contribution in [0.1, 0.15) is 40.6 Å². The van der Waals surface area contributed by atoms with E-state index >= 15 is 0 Å². The van der Waals surface area contributed by atoms with Crippen molar-refractivity contribution in [1.29, 1.82) is 0 Å². The molecule has 2 aromatic heterocycles. The van der Waals surface area contributed by atoms with Gasteiger partial charge in [0, 0.05) is 49.6 Å². The van der Waals surface area contributed by atoms with E-state index in [1.165, 1.54) is 12.1 Å². The standard InChI is InChI=1S/C26H25FN4O2/c1-33-24-7-3-2-5-18(24)15-25-29-22-16-20(27)8-9-23(22)31(25)21-10-13-30(14-11-21)26(32)19-6-4-12-28-17-19/h2-9,12,16-17,21H,10-11,13-15H2,1H3. The number of piperidine rings is 1. The molecule has 33 heavy (non-hydrogen) atoms. The Morgan fingerprint density at radius 1 is 1.12 bits per heavy atom. The number of imidazole rings is 1. The molecule has 1 amide bonds. The topological polar surface area (TPSA) is 60.2 Å². The van der Waals surface area contributed by atoms with Crippen LogP contribution in [0.25, 0.3) is 11.0 Å². The summed E-state index contributed by atoms with van der Waals surface area (Å²) in [5.74, 6) is 1.39. The first-order valence-electron chi connectivity index (χ1n) is 11.1. The van der Waals surface area contributed by atoms with Gasteiger partial charge in [-0.05, 0) is 43.2 Å². The van der Waals surface area contributed by atoms with E-state index in [0.717, 1.165) is 35.5 Å². The van der Waals surface area contributed by atoms with Crippen LogP contribution in [0.3, 0.4) is 0 Å². The van der Waals surface area contributed by atoms with Crippen LogP contribution < -0.4 is 4.74 Å². The molecule has 0 unspecified atom stereocenters. The second-order valence-corrected chi connectivity index (χ2v) is 8.28. The molecule has 6 nitrogen and oxygen atoms in total. The Morgan fingerprint density at radius 3 is 2.70 bits per heavy atom. The zero-order valence-electron chi connectivity index (χ0n) is 18.4. The third-order valence-electron chi connectivity index (χ3n) is 6.29. The average Bonchev–Trinajstić information content (AvgIpc) is 3.21. The van der Waals surface area contributed by atoms with Crippen LogP contribution in [0.15, 0.2) is 67.0 Å². The largest absolute Gasteiger partial charge is 0.496 e. The Morgan fingerprint density at radius 2 is 1.94 bits per heavy atom. The molecule has 0 bridgehead atoms. The monoisotopic (exact) mass is 444 g/mol. The Kier molecular flexibility index (Phi) is 5.77. The summed E-state index contributed by atoms with van der Waals surface area (Å²) >= 11 is 0. The molecule has 7 heteroatoms. The fraction of sp³-hybridized carbons (Fsp3) is 0.269. The lowest BCUT2D eigenvalue weighted by atomic mass is 10.0. The van der Waals surface area contributed by atoms with Gasteiger partial charge >= 0.3 is 0 Å². The van der Waals surface area contributed by atoms with Gasteiger partial charge in [0.2, 0.25) is 0 Å². The van der Waals surface area contributed by atoms with Gasteiger partial charge < -0.3 is 14.2 Å². The molecule has 3 heterocycles. The minimum Gasteiger partial charge on any atom is -0.496 e. The number of pyridine rings is 1. The molecule has 0 aliphatic carbocycles. The maximum Gasteiger partial charge on any atom is 0.255 e. The number of carbonyl (C=O) groups excluding carboxylic acids is 1. The highest BCUT2D eigenvalue weighted by molar-refractivity contribution is 5.93. The molecule has 1 aliphatic rings. The van der Waals surface area contributed by atoms with E-state index in [1.54, 1.807) is 37.7 Å². The number of ether oxygens (including phenoxy) is 1. The van der Waals surface area contributed by atoms with E-state index < -0.39 is 0 Å². The molecule has 0 radical (unpaired) electrons. The number of nitrogens with zero attached hydrogens (tertiary/aromatic N) is 4. The third-order valence-corrected chi connectivity index (χ3v) is 6.29. The van der Waals surface area contributed by atoms with E-state index in [2.05, 4.69) is 9.55 Å². The van der Waals surface area contributed by atoms with Gasteiger partial charge in [0.15, 0.2) is 0 Å². The van der Waals surface area contributed by atoms with Crippen molar-refractivity contribution in [2.24, 2.45) is 0 Å². The minimum atomic E-state index is -0.298. The van der Waals surface area contributed by atoms with Crippen molar-refractivity contribution in [1.82, 2.24) is 19.4 Å². The summed E-state index contributed by atoms with van der Waals surface area (Å²) in [4.78, 5) is 23.6. The minimum absolute atomic E-state index is 0.00774. The molecule has 0 N–H and O–H groups in total. The lowest BCUT2D eigenvalue weighted by molar-refractivity contribution is 0.0695. The Hall–Kier alpha value is -3.74. The summed E-state index contributed by atoms with van der Waals surface area (Å²) in [6.07, 6.45) is 5.45. The summed E-state index contributed by atoms with van der Waals surface area (Å²) in [5, 5.41) is 0. The van der Waals surface area contributed by atoms with Crippen LogP contribution in [0.4, 0.5) is 4.39 Å². The first-order valence-corrected chi connectivity index (χ1v) is 11.1. The van der Waals surface area contributed by atoms with Crippen LogP contribution in [-0.4, -0.2) is 45.5 Å². The van der Waals surface area contributed by atoms with Crippen LogP contribution in [0.5, 0.6) is 5.75 Å². The molecule has 2 aromatic carbocycles. The molecule has 0 spiro atoms. The van der Waals surface area contributed by atoms with Gasteiger partial charge in [-0.25, -0.2) is 9.37 Å². The summed E-state index contributed by atoms with van der Waals surface area (Å²) in [6.45, 7) is 1.29. The number of hydrogen-bond acceptors (Lipinski definition) is 4. The second kappa shape index (κ2) is 9.02. The van der Waals surface area contributed by atoms with Gasteiger partial charge in [0.05, 0.1) is 23.7 Å². The van der Waals surface area contributed by atoms with E-state index in [0.29, 0.717) is 30.6 Å². The predicted molar refractivity (Wildman–Crippen MR) is 124 cm³/mol. The third kappa shape index (κ3) is 4.18. The zero-order chi connectivity index (χ0) is 22.8. The number of fused-ring (bicyclic) bond motifs is 1. The van der Waals surface area contributed by atoms with Crippen LogP contribution in [0.2, 0.25) is 0 Å². The number of benzene rings is 2. The molecule has 168 valence electrons. The van der Waals surface area contributed by atoms with E-state index in [9.17, 15) is 9.18 Å². The van der Waals surface area contributed by atoms with Gasteiger partial charge in [-0.1, -0.05) is 18.2 Å². The van der Waals surface area contributed by atoms with E-state index in [1.807, 2.05) is 29.2 Å². The molecular weight excluding hydrogens is 419 g/mol. The molecular formula is C26H25FN4O2. The number of methoxy groups -OCH3 is 1. The summed E-state index contributed by atoms with van der Waals surface area (Å²) in [7, 11) is 1.66. The van der Waals surface area contributed by atoms with Crippen LogP contribution >= 0.6 is 0 Å². The van der Waals surface area contributed by atoms with Crippen molar-refractivity contribution < 1.29 is 13.9 Å². The van der Waals surface area contributed by atoms with Crippen molar-refractivity contribution in [2.75, 3.05) is 20.2 Å². The highest BCUT2D eigenvalue weighted by Crippen LogP contribution is 2.32. The number of rotatable bonds is 5. The van der Waals surface area contributed by atoms with Crippen LogP contribution in [-0.2, 0) is 6.42 Å². The van der Waals surface area contributed by atoms with Crippen LogP contribution in [0, 0.1) is 5.82 Å². The van der Waals surface area contributed by atoms with Gasteiger partial charge in [0.1, 0.15) is 17.4 Å². The molecule has 1 fully saturated rings. The van der Waals surface area contributed by atoms with Crippen molar-refractivity contribution >= 4 is 16.9 Å². The molecule has 5 rings (SSSR count). The van der Waals surface area contributed by atoms with Gasteiger partial charge in [-0.2, -0.15) is 0 Å². The number of hydrogen-bond donors (Lipinski definition) is 0. The highest BCUT2D eigenvalue weighted by atomic mass is 19.1. The molecule has 1 aliphatic heterocycles. The molecule has 0 atom stereocenters. The maximum atomic E-state index is 13.9. The number of aromatic nitrogens is 3. The fourth-order valence-electron chi connectivity index (χ4n) is 4.67. The Balaban J connectivity index is 1.44. The lowest BCUT2D eigenvalue weighted by Crippen LogP contribution is -2.39. The second-order valence-electron chi connectivity index (χ2n) is 8.28.